The summed E-state index contributed by atoms with van der Waals surface area (Å²) in [6.07, 6.45) is 0.135. The molecule has 1 aliphatic heterocycles. The maximum absolute atomic E-state index is 5.92. The molecule has 2 unspecified atom stereocenters. The largest absolute Gasteiger partial charge is 0.414 e. The van der Waals surface area contributed by atoms with Gasteiger partial charge in [-0.3, -0.25) is 0 Å². The Morgan fingerprint density at radius 2 is 1.85 bits per heavy atom. The molecule has 0 amide bonds. The zero-order valence-corrected chi connectivity index (χ0v) is 10.8. The molecule has 0 N–H and O–H groups in total. The van der Waals surface area contributed by atoms with Gasteiger partial charge in [-0.15, -0.1) is 0 Å². The van der Waals surface area contributed by atoms with Gasteiger partial charge in [-0.2, -0.15) is 0 Å². The minimum Gasteiger partial charge on any atom is -0.414 e. The predicted molar refractivity (Wildman–Crippen MR) is 57.7 cm³/mol. The normalized spacial score (nSPS) is 29.1. The molecular formula is C9H19ClO2Si. The first-order chi connectivity index (χ1) is 5.74. The van der Waals surface area contributed by atoms with Crippen molar-refractivity contribution >= 4 is 19.9 Å². The van der Waals surface area contributed by atoms with Gasteiger partial charge in [-0.1, -0.05) is 32.4 Å². The lowest BCUT2D eigenvalue weighted by Gasteiger charge is -2.35. The molecule has 1 saturated heterocycles. The third kappa shape index (κ3) is 2.94. The van der Waals surface area contributed by atoms with Crippen molar-refractivity contribution in [2.75, 3.05) is 6.61 Å². The van der Waals surface area contributed by atoms with Crippen molar-refractivity contribution < 1.29 is 9.16 Å². The highest BCUT2D eigenvalue weighted by molar-refractivity contribution is 6.74. The minimum absolute atomic E-state index is 0.107. The van der Waals surface area contributed by atoms with Gasteiger partial charge in [-0.05, 0) is 18.1 Å². The van der Waals surface area contributed by atoms with E-state index in [1.54, 1.807) is 0 Å². The van der Waals surface area contributed by atoms with Crippen LogP contribution in [0.5, 0.6) is 0 Å². The number of ether oxygens (including phenoxy) is 1. The Balaban J connectivity index is 2.34. The Hall–Kier alpha value is 0.427. The van der Waals surface area contributed by atoms with E-state index in [1.165, 1.54) is 0 Å². The number of alkyl halides is 1. The second-order valence-electron chi connectivity index (χ2n) is 5.10. The molecule has 0 aliphatic carbocycles. The van der Waals surface area contributed by atoms with Crippen LogP contribution in [0.3, 0.4) is 0 Å². The zero-order chi connectivity index (χ0) is 10.3. The van der Waals surface area contributed by atoms with Crippen molar-refractivity contribution in [3.8, 4) is 0 Å². The molecule has 4 heteroatoms. The van der Waals surface area contributed by atoms with Crippen molar-refractivity contribution in [2.24, 2.45) is 0 Å². The maximum atomic E-state index is 5.92. The summed E-state index contributed by atoms with van der Waals surface area (Å²) in [5.74, 6) is 0. The molecule has 13 heavy (non-hydrogen) atoms. The van der Waals surface area contributed by atoms with Crippen LogP contribution >= 0.6 is 11.6 Å². The molecule has 0 bridgehead atoms. The quantitative estimate of drug-likeness (QED) is 0.416. The second kappa shape index (κ2) is 3.53. The molecule has 0 spiro atoms. The Bertz CT molecular complexity index is 189. The van der Waals surface area contributed by atoms with Crippen molar-refractivity contribution in [3.05, 3.63) is 0 Å². The molecule has 1 fully saturated rings. The summed E-state index contributed by atoms with van der Waals surface area (Å²) in [4.78, 5) is 0. The van der Waals surface area contributed by atoms with Crippen molar-refractivity contribution in [1.82, 2.24) is 0 Å². The lowest BCUT2D eigenvalue weighted by molar-refractivity contribution is 0.243. The van der Waals surface area contributed by atoms with Gasteiger partial charge < -0.3 is 9.16 Å². The van der Waals surface area contributed by atoms with E-state index in [2.05, 4.69) is 33.9 Å². The number of hydrogen-bond acceptors (Lipinski definition) is 2. The van der Waals surface area contributed by atoms with Crippen molar-refractivity contribution in [2.45, 2.75) is 50.6 Å². The van der Waals surface area contributed by atoms with Crippen LogP contribution < -0.4 is 0 Å². The summed E-state index contributed by atoms with van der Waals surface area (Å²) >= 11 is 5.71. The fourth-order valence-electron chi connectivity index (χ4n) is 0.744. The van der Waals surface area contributed by atoms with Gasteiger partial charge in [0.05, 0.1) is 6.61 Å². The van der Waals surface area contributed by atoms with E-state index in [9.17, 15) is 0 Å². The third-order valence-electron chi connectivity index (χ3n) is 2.94. The Morgan fingerprint density at radius 3 is 2.15 bits per heavy atom. The van der Waals surface area contributed by atoms with E-state index in [0.29, 0.717) is 6.61 Å². The Labute approximate surface area is 86.7 Å². The highest BCUT2D eigenvalue weighted by Crippen LogP contribution is 2.37. The van der Waals surface area contributed by atoms with Crippen LogP contribution in [0.4, 0.5) is 0 Å². The summed E-state index contributed by atoms with van der Waals surface area (Å²) in [5.41, 5.74) is -0.107. The van der Waals surface area contributed by atoms with E-state index < -0.39 is 8.32 Å². The predicted octanol–water partition coefficient (Wildman–Crippen LogP) is 2.97. The molecule has 78 valence electrons. The van der Waals surface area contributed by atoms with Gasteiger partial charge in [0, 0.05) is 0 Å². The monoisotopic (exact) mass is 222 g/mol. The van der Waals surface area contributed by atoms with Gasteiger partial charge in [0.15, 0.2) is 13.9 Å². The fraction of sp³-hybridized carbons (Fsp3) is 1.00. The molecule has 1 heterocycles. The van der Waals surface area contributed by atoms with Gasteiger partial charge >= 0.3 is 0 Å². The molecule has 2 atom stereocenters. The zero-order valence-electron chi connectivity index (χ0n) is 9.06. The molecule has 0 aromatic carbocycles. The summed E-state index contributed by atoms with van der Waals surface area (Å²) < 4.78 is 11.0. The van der Waals surface area contributed by atoms with Crippen LogP contribution in [0.25, 0.3) is 0 Å². The van der Waals surface area contributed by atoms with E-state index in [4.69, 9.17) is 20.8 Å². The standard InChI is InChI=1S/C9H19ClO2Si/c1-9(2,3)13(4,5)11-6-7-8(10)12-7/h7-8H,6H2,1-5H3. The second-order valence-corrected chi connectivity index (χ2v) is 10.3. The van der Waals surface area contributed by atoms with E-state index in [-0.39, 0.29) is 16.7 Å². The average Bonchev–Trinajstić information content (AvgIpc) is 2.60. The molecular weight excluding hydrogens is 204 g/mol. The van der Waals surface area contributed by atoms with Gasteiger partial charge in [0.1, 0.15) is 6.10 Å². The molecule has 1 rings (SSSR count). The van der Waals surface area contributed by atoms with Crippen molar-refractivity contribution in [3.63, 3.8) is 0 Å². The van der Waals surface area contributed by atoms with Crippen LogP contribution in [0.1, 0.15) is 20.8 Å². The molecule has 1 aliphatic rings. The first-order valence-electron chi connectivity index (χ1n) is 4.67. The minimum atomic E-state index is -1.60. The third-order valence-corrected chi connectivity index (χ3v) is 7.82. The van der Waals surface area contributed by atoms with Gasteiger partial charge in [0.25, 0.3) is 0 Å². The van der Waals surface area contributed by atoms with Crippen LogP contribution in [0.15, 0.2) is 0 Å². The highest BCUT2D eigenvalue weighted by atomic mass is 35.5. The molecule has 0 aromatic rings. The lowest BCUT2D eigenvalue weighted by atomic mass is 10.2. The SMILES string of the molecule is CC(C)(C)[Si](C)(C)OCC1OC1Cl. The van der Waals surface area contributed by atoms with E-state index in [1.807, 2.05) is 0 Å². The highest BCUT2D eigenvalue weighted by Gasteiger charge is 2.42. The van der Waals surface area contributed by atoms with Crippen LogP contribution in [-0.2, 0) is 9.16 Å². The van der Waals surface area contributed by atoms with E-state index >= 15 is 0 Å². The number of epoxide rings is 1. The number of hydrogen-bond donors (Lipinski definition) is 0. The number of halogens is 1. The fourth-order valence-corrected chi connectivity index (χ4v) is 1.96. The van der Waals surface area contributed by atoms with Crippen LogP contribution in [-0.4, -0.2) is 26.6 Å². The summed E-state index contributed by atoms with van der Waals surface area (Å²) in [5, 5.41) is 0.268. The van der Waals surface area contributed by atoms with Crippen LogP contribution in [0, 0.1) is 0 Å². The topological polar surface area (TPSA) is 21.8 Å². The van der Waals surface area contributed by atoms with Crippen molar-refractivity contribution in [1.29, 1.82) is 0 Å². The lowest BCUT2D eigenvalue weighted by Crippen LogP contribution is -2.41. The first kappa shape index (κ1) is 11.5. The number of rotatable bonds is 3. The summed E-state index contributed by atoms with van der Waals surface area (Å²) in [6, 6.07) is 0. The summed E-state index contributed by atoms with van der Waals surface area (Å²) in [6.45, 7) is 11.8. The molecule has 0 radical (unpaired) electrons. The summed E-state index contributed by atoms with van der Waals surface area (Å²) in [7, 11) is -1.60. The Morgan fingerprint density at radius 1 is 1.38 bits per heavy atom. The Kier molecular flexibility index (Phi) is 3.13. The molecule has 0 saturated carbocycles. The molecule has 0 aromatic heterocycles. The van der Waals surface area contributed by atoms with Gasteiger partial charge in [0.2, 0.25) is 0 Å². The smallest absolute Gasteiger partial charge is 0.192 e. The maximum Gasteiger partial charge on any atom is 0.192 e. The molecule has 2 nitrogen and oxygen atoms in total. The van der Waals surface area contributed by atoms with E-state index in [0.717, 1.165) is 0 Å². The van der Waals surface area contributed by atoms with Gasteiger partial charge in [-0.25, -0.2) is 0 Å². The first-order valence-corrected chi connectivity index (χ1v) is 8.02. The van der Waals surface area contributed by atoms with Crippen LogP contribution in [0.2, 0.25) is 18.1 Å². The average molecular weight is 223 g/mol.